The van der Waals surface area contributed by atoms with Gasteiger partial charge in [-0.05, 0) is 55.2 Å². The molecule has 0 saturated carbocycles. The summed E-state index contributed by atoms with van der Waals surface area (Å²) < 4.78 is 32.5. The van der Waals surface area contributed by atoms with E-state index in [0.29, 0.717) is 36.0 Å². The SMILES string of the molecule is CCCNC(=O)[C@@H](Cc1ccccc1)N(Cc1cccc(Cl)c1)C(=O)CCCN(c1ccccc1OCC)S(C)(=O)=O. The maximum atomic E-state index is 13.9. The van der Waals surface area contributed by atoms with Gasteiger partial charge < -0.3 is 15.0 Å². The van der Waals surface area contributed by atoms with Gasteiger partial charge in [-0.25, -0.2) is 8.42 Å². The van der Waals surface area contributed by atoms with Crippen LogP contribution < -0.4 is 14.4 Å². The molecule has 3 rings (SSSR count). The molecular formula is C32H40ClN3O5S. The highest BCUT2D eigenvalue weighted by molar-refractivity contribution is 7.92. The average Bonchev–Trinajstić information content (AvgIpc) is 2.96. The van der Waals surface area contributed by atoms with Crippen LogP contribution in [-0.4, -0.2) is 57.1 Å². The molecule has 1 atom stereocenters. The molecule has 1 N–H and O–H groups in total. The number of rotatable bonds is 16. The number of ether oxygens (including phenoxy) is 1. The Morgan fingerprint density at radius 1 is 0.952 bits per heavy atom. The van der Waals surface area contributed by atoms with Gasteiger partial charge in [0.2, 0.25) is 21.8 Å². The molecule has 0 heterocycles. The number of hydrogen-bond donors (Lipinski definition) is 1. The maximum Gasteiger partial charge on any atom is 0.243 e. The number of para-hydroxylation sites is 2. The first-order valence-electron chi connectivity index (χ1n) is 14.2. The van der Waals surface area contributed by atoms with Crippen molar-refractivity contribution >= 4 is 39.1 Å². The maximum absolute atomic E-state index is 13.9. The van der Waals surface area contributed by atoms with Crippen LogP contribution >= 0.6 is 11.6 Å². The molecule has 0 aliphatic heterocycles. The topological polar surface area (TPSA) is 96.0 Å². The van der Waals surface area contributed by atoms with Crippen LogP contribution in [-0.2, 0) is 32.6 Å². The summed E-state index contributed by atoms with van der Waals surface area (Å²) >= 11 is 6.25. The fourth-order valence-corrected chi connectivity index (χ4v) is 5.86. The Kier molecular flexibility index (Phi) is 12.7. The second-order valence-corrected chi connectivity index (χ2v) is 12.3. The molecule has 226 valence electrons. The number of sulfonamides is 1. The molecular weight excluding hydrogens is 574 g/mol. The lowest BCUT2D eigenvalue weighted by atomic mass is 10.0. The van der Waals surface area contributed by atoms with Crippen molar-refractivity contribution < 1.29 is 22.7 Å². The van der Waals surface area contributed by atoms with Crippen molar-refractivity contribution in [3.05, 3.63) is 95.0 Å². The van der Waals surface area contributed by atoms with Gasteiger partial charge in [-0.3, -0.25) is 13.9 Å². The molecule has 8 nitrogen and oxygen atoms in total. The Morgan fingerprint density at radius 3 is 2.31 bits per heavy atom. The summed E-state index contributed by atoms with van der Waals surface area (Å²) in [6, 6.07) is 23.0. The predicted octanol–water partition coefficient (Wildman–Crippen LogP) is 5.45. The summed E-state index contributed by atoms with van der Waals surface area (Å²) in [4.78, 5) is 29.0. The van der Waals surface area contributed by atoms with Gasteiger partial charge >= 0.3 is 0 Å². The molecule has 0 spiro atoms. The Hall–Kier alpha value is -3.56. The van der Waals surface area contributed by atoms with E-state index in [1.54, 1.807) is 41.3 Å². The fourth-order valence-electron chi connectivity index (χ4n) is 4.68. The van der Waals surface area contributed by atoms with Gasteiger partial charge in [-0.2, -0.15) is 0 Å². The summed E-state index contributed by atoms with van der Waals surface area (Å²) in [6.45, 7) is 4.93. The van der Waals surface area contributed by atoms with Crippen molar-refractivity contribution in [2.75, 3.05) is 30.3 Å². The molecule has 3 aromatic rings. The van der Waals surface area contributed by atoms with E-state index in [1.165, 1.54) is 4.31 Å². The summed E-state index contributed by atoms with van der Waals surface area (Å²) in [7, 11) is -3.66. The third-order valence-electron chi connectivity index (χ3n) is 6.65. The second kappa shape index (κ2) is 16.2. The molecule has 0 aromatic heterocycles. The standard InChI is InChI=1S/C32H40ClN3O5S/c1-4-20-34-32(38)29(23-25-13-7-6-8-14-25)35(24-26-15-11-16-27(33)22-26)31(37)19-12-21-36(42(3,39)40)28-17-9-10-18-30(28)41-5-2/h6-11,13-18,22,29H,4-5,12,19-21,23-24H2,1-3H3,(H,34,38)/t29-/m1/s1. The number of hydrogen-bond acceptors (Lipinski definition) is 5. The zero-order valence-corrected chi connectivity index (χ0v) is 26.0. The lowest BCUT2D eigenvalue weighted by molar-refractivity contribution is -0.141. The molecule has 0 fully saturated rings. The van der Waals surface area contributed by atoms with Gasteiger partial charge in [0.25, 0.3) is 0 Å². The molecule has 42 heavy (non-hydrogen) atoms. The molecule has 0 bridgehead atoms. The van der Waals surface area contributed by atoms with E-state index < -0.39 is 16.1 Å². The Bertz CT molecular complexity index is 1420. The minimum Gasteiger partial charge on any atom is -0.492 e. The molecule has 0 unspecified atom stereocenters. The normalized spacial score (nSPS) is 11.9. The first-order chi connectivity index (χ1) is 20.1. The fraction of sp³-hybridized carbons (Fsp3) is 0.375. The van der Waals surface area contributed by atoms with Gasteiger partial charge in [-0.1, -0.05) is 73.1 Å². The van der Waals surface area contributed by atoms with Gasteiger partial charge in [0.15, 0.2) is 0 Å². The van der Waals surface area contributed by atoms with E-state index in [0.717, 1.165) is 23.8 Å². The van der Waals surface area contributed by atoms with Crippen LogP contribution in [0.3, 0.4) is 0 Å². The van der Waals surface area contributed by atoms with Gasteiger partial charge in [0, 0.05) is 37.5 Å². The van der Waals surface area contributed by atoms with Crippen LogP contribution in [0.5, 0.6) is 5.75 Å². The van der Waals surface area contributed by atoms with E-state index in [-0.39, 0.29) is 37.7 Å². The summed E-state index contributed by atoms with van der Waals surface area (Å²) in [5, 5.41) is 3.49. The van der Waals surface area contributed by atoms with Crippen LogP contribution in [0.4, 0.5) is 5.69 Å². The largest absolute Gasteiger partial charge is 0.492 e. The molecule has 0 radical (unpaired) electrons. The molecule has 0 aliphatic carbocycles. The van der Waals surface area contributed by atoms with Crippen molar-refractivity contribution in [2.45, 2.75) is 52.1 Å². The van der Waals surface area contributed by atoms with Crippen LogP contribution in [0.25, 0.3) is 0 Å². The lowest BCUT2D eigenvalue weighted by Crippen LogP contribution is -2.50. The smallest absolute Gasteiger partial charge is 0.243 e. The summed E-state index contributed by atoms with van der Waals surface area (Å²) in [5.74, 6) is -0.0385. The minimum atomic E-state index is -3.66. The number of carbonyl (C=O) groups is 2. The number of amides is 2. The van der Waals surface area contributed by atoms with E-state index >= 15 is 0 Å². The summed E-state index contributed by atoms with van der Waals surface area (Å²) in [6.07, 6.45) is 2.51. The van der Waals surface area contributed by atoms with Crippen LogP contribution in [0.15, 0.2) is 78.9 Å². The molecule has 0 saturated heterocycles. The van der Waals surface area contributed by atoms with E-state index in [4.69, 9.17) is 16.3 Å². The predicted molar refractivity (Wildman–Crippen MR) is 168 cm³/mol. The summed E-state index contributed by atoms with van der Waals surface area (Å²) in [5.41, 5.74) is 2.14. The van der Waals surface area contributed by atoms with E-state index in [2.05, 4.69) is 5.32 Å². The van der Waals surface area contributed by atoms with Crippen molar-refractivity contribution in [1.82, 2.24) is 10.2 Å². The number of halogens is 1. The molecule has 0 aliphatic rings. The van der Waals surface area contributed by atoms with Crippen molar-refractivity contribution in [1.29, 1.82) is 0 Å². The third kappa shape index (κ3) is 9.77. The van der Waals surface area contributed by atoms with Gasteiger partial charge in [0.05, 0.1) is 18.6 Å². The number of nitrogens with zero attached hydrogens (tertiary/aromatic N) is 2. The molecule has 10 heteroatoms. The highest BCUT2D eigenvalue weighted by Gasteiger charge is 2.30. The van der Waals surface area contributed by atoms with Gasteiger partial charge in [-0.15, -0.1) is 0 Å². The lowest BCUT2D eigenvalue weighted by Gasteiger charge is -2.32. The third-order valence-corrected chi connectivity index (χ3v) is 8.06. The van der Waals surface area contributed by atoms with E-state index in [1.807, 2.05) is 56.3 Å². The quantitative estimate of drug-likeness (QED) is 0.232. The monoisotopic (exact) mass is 613 g/mol. The Morgan fingerprint density at radius 2 is 1.64 bits per heavy atom. The minimum absolute atomic E-state index is 0.0374. The van der Waals surface area contributed by atoms with Crippen LogP contribution in [0, 0.1) is 0 Å². The highest BCUT2D eigenvalue weighted by Crippen LogP contribution is 2.30. The number of benzene rings is 3. The van der Waals surface area contributed by atoms with Gasteiger partial charge in [0.1, 0.15) is 11.8 Å². The van der Waals surface area contributed by atoms with Crippen molar-refractivity contribution in [3.63, 3.8) is 0 Å². The van der Waals surface area contributed by atoms with E-state index in [9.17, 15) is 18.0 Å². The number of carbonyl (C=O) groups excluding carboxylic acids is 2. The average molecular weight is 614 g/mol. The first kappa shape index (κ1) is 32.9. The Labute approximate surface area is 254 Å². The zero-order valence-electron chi connectivity index (χ0n) is 24.5. The van der Waals surface area contributed by atoms with Crippen LogP contribution in [0.1, 0.15) is 44.2 Å². The number of nitrogens with one attached hydrogen (secondary N) is 1. The molecule has 2 amide bonds. The first-order valence-corrected chi connectivity index (χ1v) is 16.4. The van der Waals surface area contributed by atoms with Crippen LogP contribution in [0.2, 0.25) is 5.02 Å². The van der Waals surface area contributed by atoms with Crippen molar-refractivity contribution in [3.8, 4) is 5.75 Å². The molecule has 3 aromatic carbocycles. The Balaban J connectivity index is 1.89. The van der Waals surface area contributed by atoms with Crippen molar-refractivity contribution in [2.24, 2.45) is 0 Å². The zero-order chi connectivity index (χ0) is 30.5. The second-order valence-electron chi connectivity index (χ2n) is 9.99. The highest BCUT2D eigenvalue weighted by atomic mass is 35.5. The number of anilines is 1.